The summed E-state index contributed by atoms with van der Waals surface area (Å²) in [5, 5.41) is 11.2. The lowest BCUT2D eigenvalue weighted by molar-refractivity contribution is -0.114. The van der Waals surface area contributed by atoms with Gasteiger partial charge in [0.2, 0.25) is 0 Å². The van der Waals surface area contributed by atoms with Crippen LogP contribution in [0.1, 0.15) is 24.8 Å². The third kappa shape index (κ3) is 5.04. The third-order valence-electron chi connectivity index (χ3n) is 4.60. The first-order valence-corrected chi connectivity index (χ1v) is 10.1. The number of nitrogens with zero attached hydrogens (tertiary/aromatic N) is 1. The molecular formula is C20H24N6OS. The summed E-state index contributed by atoms with van der Waals surface area (Å²) in [6.07, 6.45) is 5.58. The van der Waals surface area contributed by atoms with Crippen LogP contribution in [0.5, 0.6) is 0 Å². The Kier molecular flexibility index (Phi) is 6.54. The molecule has 1 aliphatic carbocycles. The van der Waals surface area contributed by atoms with Crippen molar-refractivity contribution in [3.8, 4) is 0 Å². The number of carbonyl (C=O) groups is 1. The number of primary amides is 1. The Morgan fingerprint density at radius 3 is 2.50 bits per heavy atom. The standard InChI is InChI=1S/C20H24N6OS/c21-18(17(20(23)27)19(22)25-16-6-1-2-11-24-16)14-7-9-15(10-8-14)26-28-12-13-4-3-5-13/h1-2,6-11,13,21,26H,3-5,12,22H2,(H2,23,27)(H,24,25)/b19-17-,21-18?. The zero-order chi connectivity index (χ0) is 19.9. The van der Waals surface area contributed by atoms with Gasteiger partial charge in [0, 0.05) is 23.2 Å². The highest BCUT2D eigenvalue weighted by Crippen LogP contribution is 2.30. The zero-order valence-electron chi connectivity index (χ0n) is 15.4. The number of aromatic nitrogens is 1. The fraction of sp³-hybridized carbons (Fsp3) is 0.250. The average molecular weight is 397 g/mol. The molecule has 0 spiro atoms. The van der Waals surface area contributed by atoms with Gasteiger partial charge in [-0.25, -0.2) is 4.98 Å². The lowest BCUT2D eigenvalue weighted by atomic mass is 9.87. The first kappa shape index (κ1) is 19.8. The first-order valence-electron chi connectivity index (χ1n) is 9.09. The number of hydrogen-bond acceptors (Lipinski definition) is 7. The topological polar surface area (TPSA) is 130 Å². The van der Waals surface area contributed by atoms with Gasteiger partial charge < -0.3 is 21.5 Å². The van der Waals surface area contributed by atoms with Crippen LogP contribution in [-0.4, -0.2) is 22.4 Å². The van der Waals surface area contributed by atoms with E-state index in [-0.39, 0.29) is 17.1 Å². The van der Waals surface area contributed by atoms with Crippen LogP contribution in [-0.2, 0) is 4.79 Å². The highest BCUT2D eigenvalue weighted by molar-refractivity contribution is 8.00. The molecule has 28 heavy (non-hydrogen) atoms. The van der Waals surface area contributed by atoms with E-state index in [1.807, 2.05) is 12.1 Å². The Bertz CT molecular complexity index is 862. The van der Waals surface area contributed by atoms with Crippen molar-refractivity contribution in [3.63, 3.8) is 0 Å². The highest BCUT2D eigenvalue weighted by atomic mass is 32.2. The average Bonchev–Trinajstić information content (AvgIpc) is 2.65. The minimum Gasteiger partial charge on any atom is -0.384 e. The number of rotatable bonds is 9. The fourth-order valence-corrected chi connectivity index (χ4v) is 3.73. The van der Waals surface area contributed by atoms with Crippen molar-refractivity contribution < 1.29 is 4.79 Å². The molecule has 1 aliphatic rings. The van der Waals surface area contributed by atoms with Gasteiger partial charge in [-0.1, -0.05) is 36.6 Å². The van der Waals surface area contributed by atoms with Gasteiger partial charge in [-0.15, -0.1) is 0 Å². The van der Waals surface area contributed by atoms with Crippen molar-refractivity contribution in [3.05, 3.63) is 65.6 Å². The Balaban J connectivity index is 1.68. The van der Waals surface area contributed by atoms with Gasteiger partial charge in [0.05, 0.1) is 5.71 Å². The predicted octanol–water partition coefficient (Wildman–Crippen LogP) is 3.08. The number of hydrogen-bond donors (Lipinski definition) is 5. The molecule has 0 unspecified atom stereocenters. The van der Waals surface area contributed by atoms with E-state index in [2.05, 4.69) is 15.0 Å². The summed E-state index contributed by atoms with van der Waals surface area (Å²) < 4.78 is 3.31. The van der Waals surface area contributed by atoms with E-state index in [1.54, 1.807) is 48.5 Å². The Morgan fingerprint density at radius 1 is 1.18 bits per heavy atom. The lowest BCUT2D eigenvalue weighted by Crippen LogP contribution is -2.28. The van der Waals surface area contributed by atoms with E-state index in [0.29, 0.717) is 11.4 Å². The zero-order valence-corrected chi connectivity index (χ0v) is 16.3. The van der Waals surface area contributed by atoms with Crippen molar-refractivity contribution in [1.82, 2.24) is 4.98 Å². The molecule has 0 bridgehead atoms. The summed E-state index contributed by atoms with van der Waals surface area (Å²) >= 11 is 1.70. The Labute approximate surface area is 168 Å². The van der Waals surface area contributed by atoms with Crippen molar-refractivity contribution in [1.29, 1.82) is 5.41 Å². The maximum Gasteiger partial charge on any atom is 0.254 e. The molecule has 0 atom stereocenters. The summed E-state index contributed by atoms with van der Waals surface area (Å²) in [7, 11) is 0. The second kappa shape index (κ2) is 9.27. The molecule has 2 aromatic rings. The third-order valence-corrected chi connectivity index (χ3v) is 5.62. The molecule has 1 saturated carbocycles. The van der Waals surface area contributed by atoms with Gasteiger partial charge in [0.15, 0.2) is 0 Å². The maximum atomic E-state index is 11.9. The van der Waals surface area contributed by atoms with Gasteiger partial charge in [0.1, 0.15) is 17.2 Å². The summed E-state index contributed by atoms with van der Waals surface area (Å²) in [6, 6.07) is 12.5. The number of anilines is 2. The lowest BCUT2D eigenvalue weighted by Gasteiger charge is -2.24. The van der Waals surface area contributed by atoms with Crippen LogP contribution in [0, 0.1) is 11.3 Å². The van der Waals surface area contributed by atoms with Gasteiger partial charge >= 0.3 is 0 Å². The molecule has 1 heterocycles. The number of carbonyl (C=O) groups excluding carboxylic acids is 1. The van der Waals surface area contributed by atoms with Crippen LogP contribution in [0.3, 0.4) is 0 Å². The molecule has 1 aromatic heterocycles. The summed E-state index contributed by atoms with van der Waals surface area (Å²) in [4.78, 5) is 16.0. The monoisotopic (exact) mass is 396 g/mol. The molecule has 3 rings (SSSR count). The van der Waals surface area contributed by atoms with Crippen molar-refractivity contribution in [2.45, 2.75) is 19.3 Å². The number of benzene rings is 1. The predicted molar refractivity (Wildman–Crippen MR) is 115 cm³/mol. The van der Waals surface area contributed by atoms with E-state index in [9.17, 15) is 4.79 Å². The maximum absolute atomic E-state index is 11.9. The molecule has 8 heteroatoms. The summed E-state index contributed by atoms with van der Waals surface area (Å²) in [6.45, 7) is 0. The van der Waals surface area contributed by atoms with E-state index in [4.69, 9.17) is 16.9 Å². The quantitative estimate of drug-likeness (QED) is 0.252. The molecule has 1 fully saturated rings. The van der Waals surface area contributed by atoms with Crippen LogP contribution >= 0.6 is 11.9 Å². The molecule has 0 radical (unpaired) electrons. The number of pyridine rings is 1. The molecular weight excluding hydrogens is 372 g/mol. The van der Waals surface area contributed by atoms with Crippen LogP contribution in [0.15, 0.2) is 60.1 Å². The van der Waals surface area contributed by atoms with E-state index < -0.39 is 5.91 Å². The molecule has 1 amide bonds. The number of nitrogens with two attached hydrogens (primary N) is 2. The number of nitrogens with one attached hydrogen (secondary N) is 3. The Hall–Kier alpha value is -3.00. The van der Waals surface area contributed by atoms with Gasteiger partial charge in [0.25, 0.3) is 5.91 Å². The SMILES string of the molecule is N=C(/C(C(N)=O)=C(\N)Nc1ccccn1)c1ccc(NSCC2CCC2)cc1. The van der Waals surface area contributed by atoms with Crippen molar-refractivity contribution in [2.75, 3.05) is 15.8 Å². The molecule has 146 valence electrons. The van der Waals surface area contributed by atoms with Gasteiger partial charge in [-0.2, -0.15) is 0 Å². The van der Waals surface area contributed by atoms with E-state index in [1.165, 1.54) is 19.3 Å². The van der Waals surface area contributed by atoms with Gasteiger partial charge in [-0.3, -0.25) is 10.2 Å². The second-order valence-electron chi connectivity index (χ2n) is 6.66. The van der Waals surface area contributed by atoms with Crippen molar-refractivity contribution in [2.24, 2.45) is 17.4 Å². The van der Waals surface area contributed by atoms with E-state index >= 15 is 0 Å². The molecule has 0 saturated heterocycles. The van der Waals surface area contributed by atoms with Crippen molar-refractivity contribution >= 4 is 35.1 Å². The minimum absolute atomic E-state index is 0.00513. The highest BCUT2D eigenvalue weighted by Gasteiger charge is 2.19. The normalized spacial score (nSPS) is 14.6. The summed E-state index contributed by atoms with van der Waals surface area (Å²) in [5.41, 5.74) is 12.9. The van der Waals surface area contributed by atoms with Crippen LogP contribution < -0.4 is 21.5 Å². The summed E-state index contributed by atoms with van der Waals surface area (Å²) in [5.74, 6) is 1.61. The molecule has 0 aliphatic heterocycles. The number of amides is 1. The molecule has 1 aromatic carbocycles. The molecule has 7 N–H and O–H groups in total. The smallest absolute Gasteiger partial charge is 0.254 e. The van der Waals surface area contributed by atoms with Gasteiger partial charge in [-0.05, 0) is 43.0 Å². The van der Waals surface area contributed by atoms with Crippen LogP contribution in [0.2, 0.25) is 0 Å². The van der Waals surface area contributed by atoms with E-state index in [0.717, 1.165) is 17.4 Å². The Morgan fingerprint density at radius 2 is 1.93 bits per heavy atom. The second-order valence-corrected chi connectivity index (χ2v) is 7.48. The first-order chi connectivity index (χ1) is 13.5. The minimum atomic E-state index is -0.774. The largest absolute Gasteiger partial charge is 0.384 e. The fourth-order valence-electron chi connectivity index (χ4n) is 2.78. The van der Waals surface area contributed by atoms with Crippen LogP contribution in [0.25, 0.3) is 0 Å². The van der Waals surface area contributed by atoms with Crippen LogP contribution in [0.4, 0.5) is 11.5 Å². The molecule has 7 nitrogen and oxygen atoms in total.